The van der Waals surface area contributed by atoms with Crippen molar-refractivity contribution >= 4 is 8.80 Å². The maximum Gasteiger partial charge on any atom is 0.00102 e. The average molecular weight is 190 g/mol. The summed E-state index contributed by atoms with van der Waals surface area (Å²) in [5.74, 6) is 0. The second-order valence-corrected chi connectivity index (χ2v) is 5.30. The van der Waals surface area contributed by atoms with Crippen LogP contribution in [0.4, 0.5) is 0 Å². The molecule has 0 aliphatic rings. The predicted octanol–water partition coefficient (Wildman–Crippen LogP) is 1.69. The third kappa shape index (κ3) is 11.1. The zero-order chi connectivity index (χ0) is 4.99. The van der Waals surface area contributed by atoms with E-state index in [1.807, 2.05) is 0 Å². The molecule has 2 heteroatoms. The summed E-state index contributed by atoms with van der Waals surface area (Å²) < 4.78 is 0. The molecule has 0 spiro atoms. The molecule has 0 atom stereocenters. The molecule has 0 saturated heterocycles. The van der Waals surface area contributed by atoms with E-state index in [4.69, 9.17) is 0 Å². The number of hydrogen-bond acceptors (Lipinski definition) is 0. The van der Waals surface area contributed by atoms with Crippen molar-refractivity contribution in [1.82, 2.24) is 0 Å². The van der Waals surface area contributed by atoms with Gasteiger partial charge < -0.3 is 6.42 Å². The zero-order valence-electron chi connectivity index (χ0n) is 5.44. The van der Waals surface area contributed by atoms with E-state index in [1.54, 1.807) is 0 Å². The Kier molecular flexibility index (Phi) is 11.7. The van der Waals surface area contributed by atoms with Crippen molar-refractivity contribution < 1.29 is 32.7 Å². The van der Waals surface area contributed by atoms with Crippen molar-refractivity contribution in [3.05, 3.63) is 6.42 Å². The van der Waals surface area contributed by atoms with Crippen molar-refractivity contribution in [3.8, 4) is 0 Å². The minimum atomic E-state index is -0.226. The standard InChI is InChI=1S/C5H13Si.Y/c1-4-5-6(2)3;/h4,6H,5H2,1-3H3;/q-1;. The second-order valence-electron chi connectivity index (χ2n) is 2.04. The molecule has 0 aliphatic carbocycles. The third-order valence-corrected chi connectivity index (χ3v) is 2.12. The Balaban J connectivity index is 0. The van der Waals surface area contributed by atoms with Crippen LogP contribution in [0.25, 0.3) is 0 Å². The van der Waals surface area contributed by atoms with Gasteiger partial charge >= 0.3 is 0 Å². The monoisotopic (exact) mass is 190 g/mol. The molecule has 7 heavy (non-hydrogen) atoms. The van der Waals surface area contributed by atoms with Crippen LogP contribution in [0, 0.1) is 6.42 Å². The van der Waals surface area contributed by atoms with Crippen molar-refractivity contribution in [2.24, 2.45) is 0 Å². The quantitative estimate of drug-likeness (QED) is 0.459. The van der Waals surface area contributed by atoms with E-state index in [9.17, 15) is 0 Å². The Labute approximate surface area is 73.6 Å². The molecule has 0 rings (SSSR count). The number of rotatable bonds is 2. The molecule has 1 radical (unpaired) electrons. The van der Waals surface area contributed by atoms with Gasteiger partial charge in [-0.1, -0.05) is 13.1 Å². The molecule has 0 aromatic carbocycles. The van der Waals surface area contributed by atoms with E-state index in [-0.39, 0.29) is 41.5 Å². The Hall–Kier alpha value is 1.32. The van der Waals surface area contributed by atoms with Crippen molar-refractivity contribution in [2.75, 3.05) is 0 Å². The van der Waals surface area contributed by atoms with Crippen molar-refractivity contribution in [3.63, 3.8) is 0 Å². The van der Waals surface area contributed by atoms with E-state index in [1.165, 1.54) is 6.04 Å². The van der Waals surface area contributed by atoms with E-state index >= 15 is 0 Å². The van der Waals surface area contributed by atoms with Crippen LogP contribution in [0.2, 0.25) is 19.1 Å². The summed E-state index contributed by atoms with van der Waals surface area (Å²) in [6.45, 7) is 6.85. The fourth-order valence-electron chi connectivity index (χ4n) is 0.471. The first-order valence-electron chi connectivity index (χ1n) is 2.55. The molecule has 0 nitrogen and oxygen atoms in total. The molecule has 0 heterocycles. The van der Waals surface area contributed by atoms with Gasteiger partial charge in [0.1, 0.15) is 0 Å². The van der Waals surface area contributed by atoms with Gasteiger partial charge in [-0.05, 0) is 0 Å². The smallest absolute Gasteiger partial charge is 0.00102 e. The van der Waals surface area contributed by atoms with Gasteiger partial charge in [0.2, 0.25) is 0 Å². The Morgan fingerprint density at radius 1 is 1.43 bits per heavy atom. The van der Waals surface area contributed by atoms with Crippen LogP contribution in [-0.4, -0.2) is 8.80 Å². The molecule has 0 saturated carbocycles. The molecule has 0 N–H and O–H groups in total. The van der Waals surface area contributed by atoms with E-state index < -0.39 is 0 Å². The summed E-state index contributed by atoms with van der Waals surface area (Å²) in [4.78, 5) is 0. The first-order valence-corrected chi connectivity index (χ1v) is 5.67. The van der Waals surface area contributed by atoms with Crippen LogP contribution >= 0.6 is 0 Å². The summed E-state index contributed by atoms with van der Waals surface area (Å²) in [6.07, 6.45) is 2.26. The van der Waals surface area contributed by atoms with Crippen LogP contribution in [0.3, 0.4) is 0 Å². The van der Waals surface area contributed by atoms with Crippen LogP contribution in [0.5, 0.6) is 0 Å². The van der Waals surface area contributed by atoms with Crippen LogP contribution in [-0.2, 0) is 32.7 Å². The fourth-order valence-corrected chi connectivity index (χ4v) is 1.41. The van der Waals surface area contributed by atoms with E-state index in [2.05, 4.69) is 26.4 Å². The fraction of sp³-hybridized carbons (Fsp3) is 0.800. The largest absolute Gasteiger partial charge is 0.334 e. The molecular weight excluding hydrogens is 177 g/mol. The van der Waals surface area contributed by atoms with E-state index in [0.29, 0.717) is 0 Å². The first kappa shape index (κ1) is 11.2. The van der Waals surface area contributed by atoms with Crippen molar-refractivity contribution in [2.45, 2.75) is 26.1 Å². The van der Waals surface area contributed by atoms with Gasteiger partial charge in [-0.25, -0.2) is 0 Å². The van der Waals surface area contributed by atoms with Crippen LogP contribution in [0.15, 0.2) is 0 Å². The Bertz CT molecular complexity index is 29.3. The summed E-state index contributed by atoms with van der Waals surface area (Å²) in [6, 6.07) is 1.39. The minimum Gasteiger partial charge on any atom is -0.334 e. The topological polar surface area (TPSA) is 0 Å². The van der Waals surface area contributed by atoms with Crippen molar-refractivity contribution in [1.29, 1.82) is 0 Å². The molecule has 0 fully saturated rings. The molecule has 0 unspecified atom stereocenters. The normalized spacial score (nSPS) is 8.57. The molecule has 0 bridgehead atoms. The first-order chi connectivity index (χ1) is 2.77. The van der Waals surface area contributed by atoms with Crippen LogP contribution < -0.4 is 0 Å². The zero-order valence-corrected chi connectivity index (χ0v) is 9.43. The summed E-state index contributed by atoms with van der Waals surface area (Å²) in [5.41, 5.74) is 0. The molecule has 0 aliphatic heterocycles. The predicted molar refractivity (Wildman–Crippen MR) is 33.7 cm³/mol. The maximum atomic E-state index is 2.36. The van der Waals surface area contributed by atoms with Gasteiger partial charge in [0.25, 0.3) is 0 Å². The molecule has 0 aromatic rings. The number of hydrogen-bond donors (Lipinski definition) is 0. The minimum absolute atomic E-state index is 0. The van der Waals surface area contributed by atoms with Crippen LogP contribution in [0.1, 0.15) is 6.92 Å². The average Bonchev–Trinajstić information content (AvgIpc) is 1.35. The molecule has 0 aromatic heterocycles. The molecule has 0 amide bonds. The van der Waals surface area contributed by atoms with Gasteiger partial charge in [0.05, 0.1) is 0 Å². The van der Waals surface area contributed by atoms with Gasteiger partial charge in [0.15, 0.2) is 0 Å². The SMILES string of the molecule is C[CH-]C[SiH](C)C.[Y]. The second kappa shape index (κ2) is 7.32. The summed E-state index contributed by atoms with van der Waals surface area (Å²) >= 11 is 0. The van der Waals surface area contributed by atoms with Gasteiger partial charge in [-0.2, -0.15) is 13.0 Å². The molecular formula is C5H13SiY-. The third-order valence-electron chi connectivity index (χ3n) is 0.707. The van der Waals surface area contributed by atoms with Gasteiger partial charge in [-0.15, -0.1) is 0 Å². The molecule has 41 valence electrons. The summed E-state index contributed by atoms with van der Waals surface area (Å²) in [5, 5.41) is 0. The Morgan fingerprint density at radius 2 is 1.86 bits per heavy atom. The Morgan fingerprint density at radius 3 is 1.86 bits per heavy atom. The van der Waals surface area contributed by atoms with E-state index in [0.717, 1.165) is 0 Å². The summed E-state index contributed by atoms with van der Waals surface area (Å²) in [7, 11) is -0.226. The maximum absolute atomic E-state index is 2.36. The van der Waals surface area contributed by atoms with Gasteiger partial charge in [0, 0.05) is 41.5 Å². The van der Waals surface area contributed by atoms with Gasteiger partial charge in [-0.3, -0.25) is 0 Å².